The number of nitrogens with one attached hydrogen (secondary N) is 1. The molecule has 4 nitrogen and oxygen atoms in total. The summed E-state index contributed by atoms with van der Waals surface area (Å²) >= 11 is 0. The standard InChI is InChI=1S/C16H16N2O2/c1-9(2)14-15-11(8-13(18-14)16(19)20-3)10-6-4-5-7-12(10)17-15/h4-9,17H,1-3H3. The molecule has 1 N–H and O–H groups in total. The molecule has 3 aromatic rings. The number of hydrogen-bond acceptors (Lipinski definition) is 3. The van der Waals surface area contributed by atoms with Gasteiger partial charge in [0.25, 0.3) is 0 Å². The van der Waals surface area contributed by atoms with Crippen LogP contribution in [0.1, 0.15) is 35.9 Å². The number of H-pyrrole nitrogens is 1. The minimum atomic E-state index is -0.404. The van der Waals surface area contributed by atoms with Crippen molar-refractivity contribution in [3.63, 3.8) is 0 Å². The van der Waals surface area contributed by atoms with Crippen molar-refractivity contribution in [1.82, 2.24) is 9.97 Å². The maximum absolute atomic E-state index is 11.8. The lowest BCUT2D eigenvalue weighted by atomic mass is 10.1. The number of ether oxygens (including phenoxy) is 1. The second-order valence-corrected chi connectivity index (χ2v) is 5.13. The van der Waals surface area contributed by atoms with Crippen LogP contribution in [0.15, 0.2) is 30.3 Å². The Kier molecular flexibility index (Phi) is 2.93. The summed E-state index contributed by atoms with van der Waals surface area (Å²) in [4.78, 5) is 19.7. The molecule has 2 heterocycles. The number of esters is 1. The molecule has 3 rings (SSSR count). The second-order valence-electron chi connectivity index (χ2n) is 5.13. The number of aromatic nitrogens is 2. The van der Waals surface area contributed by atoms with Crippen molar-refractivity contribution in [3.05, 3.63) is 41.7 Å². The van der Waals surface area contributed by atoms with Crippen molar-refractivity contribution >= 4 is 27.8 Å². The number of benzene rings is 1. The van der Waals surface area contributed by atoms with Crippen molar-refractivity contribution < 1.29 is 9.53 Å². The molecule has 0 saturated heterocycles. The number of carbonyl (C=O) groups excluding carboxylic acids is 1. The number of carbonyl (C=O) groups is 1. The van der Waals surface area contributed by atoms with E-state index < -0.39 is 5.97 Å². The van der Waals surface area contributed by atoms with Crippen LogP contribution in [0, 0.1) is 0 Å². The Labute approximate surface area is 116 Å². The van der Waals surface area contributed by atoms with Crippen LogP contribution in [-0.4, -0.2) is 23.0 Å². The average molecular weight is 268 g/mol. The number of nitrogens with zero attached hydrogens (tertiary/aromatic N) is 1. The van der Waals surface area contributed by atoms with Crippen molar-refractivity contribution in [2.75, 3.05) is 7.11 Å². The smallest absolute Gasteiger partial charge is 0.356 e. The molecular formula is C16H16N2O2. The highest BCUT2D eigenvalue weighted by Crippen LogP contribution is 2.30. The van der Waals surface area contributed by atoms with Gasteiger partial charge in [0.05, 0.1) is 18.3 Å². The highest BCUT2D eigenvalue weighted by molar-refractivity contribution is 6.09. The van der Waals surface area contributed by atoms with E-state index in [9.17, 15) is 4.79 Å². The Morgan fingerprint density at radius 3 is 2.70 bits per heavy atom. The molecule has 2 aromatic heterocycles. The Bertz CT molecular complexity index is 803. The molecule has 0 saturated carbocycles. The summed E-state index contributed by atoms with van der Waals surface area (Å²) in [5, 5.41) is 2.11. The third kappa shape index (κ3) is 1.84. The Morgan fingerprint density at radius 2 is 2.00 bits per heavy atom. The van der Waals surface area contributed by atoms with E-state index >= 15 is 0 Å². The van der Waals surface area contributed by atoms with E-state index in [1.165, 1.54) is 7.11 Å². The van der Waals surface area contributed by atoms with Crippen molar-refractivity contribution in [2.45, 2.75) is 19.8 Å². The predicted octanol–water partition coefficient (Wildman–Crippen LogP) is 3.63. The first-order valence-electron chi connectivity index (χ1n) is 6.61. The van der Waals surface area contributed by atoms with Gasteiger partial charge in [-0.25, -0.2) is 9.78 Å². The highest BCUT2D eigenvalue weighted by atomic mass is 16.5. The zero-order valence-corrected chi connectivity index (χ0v) is 11.7. The van der Waals surface area contributed by atoms with Crippen LogP contribution in [0.25, 0.3) is 21.8 Å². The molecule has 0 bridgehead atoms. The molecular weight excluding hydrogens is 252 g/mol. The van der Waals surface area contributed by atoms with Gasteiger partial charge in [0.1, 0.15) is 5.69 Å². The lowest BCUT2D eigenvalue weighted by Gasteiger charge is -2.08. The lowest BCUT2D eigenvalue weighted by molar-refractivity contribution is 0.0594. The minimum Gasteiger partial charge on any atom is -0.464 e. The van der Waals surface area contributed by atoms with E-state index in [2.05, 4.69) is 23.8 Å². The van der Waals surface area contributed by atoms with Gasteiger partial charge in [0, 0.05) is 16.3 Å². The third-order valence-corrected chi connectivity index (χ3v) is 3.47. The molecule has 0 aliphatic heterocycles. The first kappa shape index (κ1) is 12.7. The van der Waals surface area contributed by atoms with Gasteiger partial charge < -0.3 is 9.72 Å². The monoisotopic (exact) mass is 268 g/mol. The summed E-state index contributed by atoms with van der Waals surface area (Å²) < 4.78 is 4.80. The minimum absolute atomic E-state index is 0.218. The van der Waals surface area contributed by atoms with E-state index in [1.54, 1.807) is 6.07 Å². The largest absolute Gasteiger partial charge is 0.464 e. The molecule has 4 heteroatoms. The molecule has 0 aliphatic rings. The fourth-order valence-corrected chi connectivity index (χ4v) is 2.50. The van der Waals surface area contributed by atoms with E-state index in [0.29, 0.717) is 5.69 Å². The maximum atomic E-state index is 11.8. The molecule has 1 aromatic carbocycles. The fourth-order valence-electron chi connectivity index (χ4n) is 2.50. The third-order valence-electron chi connectivity index (χ3n) is 3.47. The van der Waals surface area contributed by atoms with Gasteiger partial charge in [-0.05, 0) is 18.1 Å². The topological polar surface area (TPSA) is 55.0 Å². The van der Waals surface area contributed by atoms with Gasteiger partial charge in [0.15, 0.2) is 0 Å². The zero-order chi connectivity index (χ0) is 14.3. The SMILES string of the molecule is COC(=O)c1cc2c([nH]c3ccccc32)c(C(C)C)n1. The normalized spacial score (nSPS) is 11.4. The zero-order valence-electron chi connectivity index (χ0n) is 11.7. The highest BCUT2D eigenvalue weighted by Gasteiger charge is 2.17. The molecule has 0 fully saturated rings. The predicted molar refractivity (Wildman–Crippen MR) is 79.0 cm³/mol. The van der Waals surface area contributed by atoms with Crippen molar-refractivity contribution in [1.29, 1.82) is 0 Å². The van der Waals surface area contributed by atoms with Crippen LogP contribution < -0.4 is 0 Å². The van der Waals surface area contributed by atoms with Crippen LogP contribution in [-0.2, 0) is 4.74 Å². The van der Waals surface area contributed by atoms with Crippen LogP contribution in [0.4, 0.5) is 0 Å². The molecule has 0 amide bonds. The number of fused-ring (bicyclic) bond motifs is 3. The van der Waals surface area contributed by atoms with Gasteiger partial charge in [0.2, 0.25) is 0 Å². The van der Waals surface area contributed by atoms with Gasteiger partial charge in [-0.15, -0.1) is 0 Å². The van der Waals surface area contributed by atoms with E-state index in [-0.39, 0.29) is 5.92 Å². The van der Waals surface area contributed by atoms with E-state index in [0.717, 1.165) is 27.5 Å². The number of methoxy groups -OCH3 is 1. The summed E-state index contributed by atoms with van der Waals surface area (Å²) in [5.41, 5.74) is 3.29. The summed E-state index contributed by atoms with van der Waals surface area (Å²) in [6.45, 7) is 4.13. The summed E-state index contributed by atoms with van der Waals surface area (Å²) in [6.07, 6.45) is 0. The van der Waals surface area contributed by atoms with Crippen molar-refractivity contribution in [2.24, 2.45) is 0 Å². The molecule has 20 heavy (non-hydrogen) atoms. The average Bonchev–Trinajstić information content (AvgIpc) is 2.83. The lowest BCUT2D eigenvalue weighted by Crippen LogP contribution is -2.07. The first-order chi connectivity index (χ1) is 9.61. The van der Waals surface area contributed by atoms with Crippen LogP contribution >= 0.6 is 0 Å². The quantitative estimate of drug-likeness (QED) is 0.722. The Morgan fingerprint density at radius 1 is 1.25 bits per heavy atom. The fraction of sp³-hybridized carbons (Fsp3) is 0.250. The number of pyridine rings is 1. The van der Waals surface area contributed by atoms with E-state index in [4.69, 9.17) is 4.74 Å². The Balaban J connectivity index is 2.42. The first-order valence-corrected chi connectivity index (χ1v) is 6.61. The number of aromatic amines is 1. The molecule has 0 spiro atoms. The van der Waals surface area contributed by atoms with Crippen molar-refractivity contribution in [3.8, 4) is 0 Å². The number of para-hydroxylation sites is 1. The van der Waals surface area contributed by atoms with E-state index in [1.807, 2.05) is 24.3 Å². The molecule has 0 unspecified atom stereocenters. The summed E-state index contributed by atoms with van der Waals surface area (Å²) in [6, 6.07) is 9.84. The van der Waals surface area contributed by atoms with Gasteiger partial charge in [-0.1, -0.05) is 32.0 Å². The Hall–Kier alpha value is -2.36. The van der Waals surface area contributed by atoms with Gasteiger partial charge in [-0.2, -0.15) is 0 Å². The van der Waals surface area contributed by atoms with Crippen LogP contribution in [0.2, 0.25) is 0 Å². The molecule has 0 aliphatic carbocycles. The summed E-state index contributed by atoms with van der Waals surface area (Å²) in [5.74, 6) is -0.186. The molecule has 102 valence electrons. The number of rotatable bonds is 2. The number of hydrogen-bond donors (Lipinski definition) is 1. The second kappa shape index (κ2) is 4.63. The molecule has 0 atom stereocenters. The van der Waals surface area contributed by atoms with Crippen LogP contribution in [0.3, 0.4) is 0 Å². The van der Waals surface area contributed by atoms with Gasteiger partial charge in [-0.3, -0.25) is 0 Å². The maximum Gasteiger partial charge on any atom is 0.356 e. The molecule has 0 radical (unpaired) electrons. The van der Waals surface area contributed by atoms with Crippen LogP contribution in [0.5, 0.6) is 0 Å². The summed E-state index contributed by atoms with van der Waals surface area (Å²) in [7, 11) is 1.37. The van der Waals surface area contributed by atoms with Gasteiger partial charge >= 0.3 is 5.97 Å².